The molecule has 5 heteroatoms. The van der Waals surface area contributed by atoms with Gasteiger partial charge in [0.15, 0.2) is 0 Å². The van der Waals surface area contributed by atoms with Crippen LogP contribution in [0.4, 0.5) is 10.1 Å². The van der Waals surface area contributed by atoms with Gasteiger partial charge in [0.25, 0.3) is 0 Å². The summed E-state index contributed by atoms with van der Waals surface area (Å²) in [6, 6.07) is 10.7. The Kier molecular flexibility index (Phi) is 6.56. The summed E-state index contributed by atoms with van der Waals surface area (Å²) in [5.74, 6) is -0.131. The Morgan fingerprint density at radius 1 is 1.26 bits per heavy atom. The average Bonchev–Trinajstić information content (AvgIpc) is 3.05. The highest BCUT2D eigenvalue weighted by atomic mass is 19.1. The molecule has 3 rings (SSSR count). The number of allylic oxidation sites excluding steroid dienone is 1. The molecule has 0 amide bonds. The summed E-state index contributed by atoms with van der Waals surface area (Å²) in [7, 11) is 3.58. The van der Waals surface area contributed by atoms with E-state index in [0.717, 1.165) is 39.1 Å². The van der Waals surface area contributed by atoms with Gasteiger partial charge in [-0.3, -0.25) is 0 Å². The number of halogens is 1. The smallest absolute Gasteiger partial charge is 0.123 e. The molecule has 0 aliphatic rings. The molecular weight excluding hydrogens is 391 g/mol. The third-order valence-electron chi connectivity index (χ3n) is 5.63. The van der Waals surface area contributed by atoms with Crippen molar-refractivity contribution in [3.8, 4) is 5.69 Å². The van der Waals surface area contributed by atoms with Crippen molar-refractivity contribution in [3.63, 3.8) is 0 Å². The average molecular weight is 423 g/mol. The Hall–Kier alpha value is -3.05. The number of fused-ring (bicyclic) bond motifs is 1. The molecule has 0 spiro atoms. The van der Waals surface area contributed by atoms with E-state index in [0.29, 0.717) is 19.4 Å². The van der Waals surface area contributed by atoms with Crippen LogP contribution in [0.2, 0.25) is 0 Å². The minimum atomic E-state index is -0.345. The van der Waals surface area contributed by atoms with Gasteiger partial charge in [-0.25, -0.2) is 4.39 Å². The second-order valence-corrected chi connectivity index (χ2v) is 8.43. The van der Waals surface area contributed by atoms with Crippen LogP contribution >= 0.6 is 0 Å². The number of rotatable bonds is 9. The highest BCUT2D eigenvalue weighted by molar-refractivity contribution is 5.93. The number of anilines is 1. The minimum absolute atomic E-state index is 0.148. The number of hydrogen-bond acceptors (Lipinski definition) is 3. The van der Waals surface area contributed by atoms with Crippen LogP contribution in [0.25, 0.3) is 22.7 Å². The molecule has 0 radical (unpaired) electrons. The quantitative estimate of drug-likeness (QED) is 0.393. The number of benzene rings is 2. The van der Waals surface area contributed by atoms with Gasteiger partial charge in [0.05, 0.1) is 17.9 Å². The van der Waals surface area contributed by atoms with Gasteiger partial charge < -0.3 is 19.7 Å². The number of aliphatic hydroxyl groups is 1. The normalized spacial score (nSPS) is 11.6. The predicted molar refractivity (Wildman–Crippen MR) is 128 cm³/mol. The Morgan fingerprint density at radius 3 is 2.48 bits per heavy atom. The highest BCUT2D eigenvalue weighted by Crippen LogP contribution is 2.40. The van der Waals surface area contributed by atoms with Crippen molar-refractivity contribution in [3.05, 3.63) is 78.0 Å². The van der Waals surface area contributed by atoms with Crippen LogP contribution in [0.1, 0.15) is 37.1 Å². The van der Waals surface area contributed by atoms with Gasteiger partial charge in [-0.15, -0.1) is 0 Å². The van der Waals surface area contributed by atoms with Gasteiger partial charge in [0.1, 0.15) is 5.82 Å². The molecule has 0 saturated heterocycles. The number of methoxy groups -OCH3 is 1. The SMILES string of the molecule is C=Cc1cc2c(cc1NC)c(CCC(=C)O)c(C(C)(C)COC)n2-c1ccc(F)cc1. The van der Waals surface area contributed by atoms with Gasteiger partial charge in [0, 0.05) is 48.4 Å². The molecule has 0 aliphatic heterocycles. The van der Waals surface area contributed by atoms with E-state index in [4.69, 9.17) is 4.74 Å². The number of aryl methyl sites for hydroxylation is 1. The first-order valence-corrected chi connectivity index (χ1v) is 10.4. The third kappa shape index (κ3) is 4.37. The van der Waals surface area contributed by atoms with Gasteiger partial charge in [0.2, 0.25) is 0 Å². The molecule has 1 aromatic heterocycles. The van der Waals surface area contributed by atoms with Crippen molar-refractivity contribution < 1.29 is 14.2 Å². The van der Waals surface area contributed by atoms with Crippen LogP contribution < -0.4 is 5.32 Å². The lowest BCUT2D eigenvalue weighted by atomic mass is 9.85. The number of ether oxygens (including phenoxy) is 1. The largest absolute Gasteiger partial charge is 0.513 e. The maximum absolute atomic E-state index is 13.7. The maximum atomic E-state index is 13.7. The molecule has 3 aromatic rings. The van der Waals surface area contributed by atoms with Crippen LogP contribution in [0.15, 0.2) is 55.3 Å². The molecule has 31 heavy (non-hydrogen) atoms. The number of aromatic nitrogens is 1. The second-order valence-electron chi connectivity index (χ2n) is 8.43. The van der Waals surface area contributed by atoms with Crippen molar-refractivity contribution in [1.29, 1.82) is 0 Å². The molecule has 0 atom stereocenters. The van der Waals surface area contributed by atoms with Gasteiger partial charge in [-0.05, 0) is 53.9 Å². The molecule has 2 N–H and O–H groups in total. The number of aliphatic hydroxyl groups excluding tert-OH is 1. The Labute approximate surface area is 183 Å². The highest BCUT2D eigenvalue weighted by Gasteiger charge is 2.31. The molecule has 2 aromatic carbocycles. The molecule has 0 fully saturated rings. The Morgan fingerprint density at radius 2 is 1.94 bits per heavy atom. The predicted octanol–water partition coefficient (Wildman–Crippen LogP) is 6.38. The topological polar surface area (TPSA) is 46.4 Å². The van der Waals surface area contributed by atoms with Crippen molar-refractivity contribution in [2.45, 2.75) is 32.1 Å². The van der Waals surface area contributed by atoms with E-state index in [-0.39, 0.29) is 17.0 Å². The zero-order chi connectivity index (χ0) is 22.8. The summed E-state index contributed by atoms with van der Waals surface area (Å²) in [4.78, 5) is 0. The van der Waals surface area contributed by atoms with Crippen LogP contribution in [0.3, 0.4) is 0 Å². The fourth-order valence-electron chi connectivity index (χ4n) is 4.32. The van der Waals surface area contributed by atoms with Crippen molar-refractivity contribution >= 4 is 22.7 Å². The molecule has 0 aliphatic carbocycles. The zero-order valence-corrected chi connectivity index (χ0v) is 18.8. The van der Waals surface area contributed by atoms with Crippen molar-refractivity contribution in [1.82, 2.24) is 4.57 Å². The first-order chi connectivity index (χ1) is 14.7. The summed E-state index contributed by atoms with van der Waals surface area (Å²) in [6.45, 7) is 12.4. The van der Waals surface area contributed by atoms with E-state index in [2.05, 4.69) is 49.0 Å². The Bertz CT molecular complexity index is 1110. The molecule has 4 nitrogen and oxygen atoms in total. The van der Waals surface area contributed by atoms with E-state index >= 15 is 0 Å². The zero-order valence-electron chi connectivity index (χ0n) is 18.8. The summed E-state index contributed by atoms with van der Waals surface area (Å²) >= 11 is 0. The number of nitrogens with one attached hydrogen (secondary N) is 1. The molecule has 0 bridgehead atoms. The Balaban J connectivity index is 2.47. The van der Waals surface area contributed by atoms with E-state index < -0.39 is 0 Å². The van der Waals surface area contributed by atoms with Gasteiger partial charge in [-0.1, -0.05) is 33.1 Å². The first kappa shape index (κ1) is 22.6. The lowest BCUT2D eigenvalue weighted by molar-refractivity contribution is 0.143. The second kappa shape index (κ2) is 8.98. The molecular formula is C26H31FN2O2. The summed E-state index contributed by atoms with van der Waals surface area (Å²) in [5.41, 5.74) is 5.65. The van der Waals surface area contributed by atoms with Crippen LogP contribution in [0.5, 0.6) is 0 Å². The first-order valence-electron chi connectivity index (χ1n) is 10.4. The lowest BCUT2D eigenvalue weighted by Gasteiger charge is -2.28. The minimum Gasteiger partial charge on any atom is -0.513 e. The van der Waals surface area contributed by atoms with Gasteiger partial charge in [-0.2, -0.15) is 0 Å². The molecule has 0 saturated carbocycles. The molecule has 0 unspecified atom stereocenters. The molecule has 164 valence electrons. The van der Waals surface area contributed by atoms with Crippen LogP contribution in [-0.2, 0) is 16.6 Å². The van der Waals surface area contributed by atoms with Crippen LogP contribution in [-0.4, -0.2) is 30.4 Å². The lowest BCUT2D eigenvalue weighted by Crippen LogP contribution is -2.28. The maximum Gasteiger partial charge on any atom is 0.123 e. The van der Waals surface area contributed by atoms with E-state index in [1.807, 2.05) is 13.1 Å². The monoisotopic (exact) mass is 422 g/mol. The van der Waals surface area contributed by atoms with E-state index in [9.17, 15) is 9.50 Å². The van der Waals surface area contributed by atoms with Crippen molar-refractivity contribution in [2.75, 3.05) is 26.1 Å². The summed E-state index contributed by atoms with van der Waals surface area (Å²) in [6.07, 6.45) is 2.90. The molecule has 1 heterocycles. The fraction of sp³-hybridized carbons (Fsp3) is 0.308. The number of hydrogen-bond donors (Lipinski definition) is 2. The summed E-state index contributed by atoms with van der Waals surface area (Å²) < 4.78 is 21.5. The van der Waals surface area contributed by atoms with E-state index in [1.165, 1.54) is 12.1 Å². The van der Waals surface area contributed by atoms with Crippen molar-refractivity contribution in [2.24, 2.45) is 0 Å². The summed E-state index contributed by atoms with van der Waals surface area (Å²) in [5, 5.41) is 14.1. The van der Waals surface area contributed by atoms with Gasteiger partial charge >= 0.3 is 0 Å². The third-order valence-corrected chi connectivity index (χ3v) is 5.63. The standard InChI is InChI=1S/C26H31FN2O2/c1-7-18-14-24-22(15-23(18)28-5)21(13-8-17(2)30)25(26(3,4)16-31-6)29(24)20-11-9-19(27)10-12-20/h7,9-12,14-15,28,30H,1-2,8,13,16H2,3-6H3. The van der Waals surface area contributed by atoms with Crippen LogP contribution in [0, 0.1) is 5.82 Å². The van der Waals surface area contributed by atoms with E-state index in [1.54, 1.807) is 19.2 Å². The number of nitrogens with zero attached hydrogens (tertiary/aromatic N) is 1. The fourth-order valence-corrected chi connectivity index (χ4v) is 4.32.